The van der Waals surface area contributed by atoms with Gasteiger partial charge in [-0.2, -0.15) is 0 Å². The standard InChI is InChI=1S/C14H18N3O3.BrH/c18-14(12-2-1-3-13(10-12)16(19)20)11-17-7-4-15(5-8-17)6-9-17;/h1-3,10H,4-9,11H2;1H/q+1;/p-1. The molecule has 0 atom stereocenters. The number of carbonyl (C=O) groups excluding carboxylic acids is 1. The first-order valence-electron chi connectivity index (χ1n) is 6.93. The van der Waals surface area contributed by atoms with Gasteiger partial charge in [-0.3, -0.25) is 19.8 Å². The van der Waals surface area contributed by atoms with Gasteiger partial charge in [0, 0.05) is 37.3 Å². The molecule has 0 radical (unpaired) electrons. The number of nitro benzene ring substituents is 1. The Morgan fingerprint density at radius 2 is 1.86 bits per heavy atom. The van der Waals surface area contributed by atoms with Crippen molar-refractivity contribution in [2.45, 2.75) is 0 Å². The van der Waals surface area contributed by atoms with E-state index < -0.39 is 4.92 Å². The summed E-state index contributed by atoms with van der Waals surface area (Å²) < 4.78 is 0.845. The van der Waals surface area contributed by atoms with Crippen LogP contribution in [-0.2, 0) is 0 Å². The number of benzene rings is 1. The summed E-state index contributed by atoms with van der Waals surface area (Å²) in [6.45, 7) is 6.68. The van der Waals surface area contributed by atoms with Crippen LogP contribution in [0.1, 0.15) is 10.4 Å². The second-order valence-electron chi connectivity index (χ2n) is 5.74. The fraction of sp³-hybridized carbons (Fsp3) is 0.500. The Kier molecular flexibility index (Phi) is 4.75. The lowest BCUT2D eigenvalue weighted by Gasteiger charge is -2.50. The summed E-state index contributed by atoms with van der Waals surface area (Å²) in [7, 11) is 0. The number of piperazine rings is 3. The minimum absolute atomic E-state index is 0. The Morgan fingerprint density at radius 1 is 1.24 bits per heavy atom. The number of carbonyl (C=O) groups is 1. The number of Topliss-reactive ketones (excluding diaryl/α,β-unsaturated/α-hetero) is 1. The summed E-state index contributed by atoms with van der Waals surface area (Å²) in [5.41, 5.74) is 0.444. The molecule has 0 saturated carbocycles. The van der Waals surface area contributed by atoms with E-state index in [2.05, 4.69) is 4.90 Å². The number of hydrogen-bond donors (Lipinski definition) is 0. The predicted octanol–water partition coefficient (Wildman–Crippen LogP) is -2.07. The number of fused-ring (bicyclic) bond motifs is 3. The molecule has 1 aromatic rings. The van der Waals surface area contributed by atoms with E-state index in [4.69, 9.17) is 0 Å². The van der Waals surface area contributed by atoms with E-state index in [1.54, 1.807) is 12.1 Å². The normalized spacial score (nSPS) is 27.0. The average Bonchev–Trinajstić information content (AvgIpc) is 2.49. The molecule has 0 spiro atoms. The van der Waals surface area contributed by atoms with Gasteiger partial charge in [0.25, 0.3) is 5.69 Å². The summed E-state index contributed by atoms with van der Waals surface area (Å²) in [5, 5.41) is 10.8. The number of halogens is 1. The van der Waals surface area contributed by atoms with Crippen LogP contribution in [0.15, 0.2) is 24.3 Å². The van der Waals surface area contributed by atoms with E-state index in [0.29, 0.717) is 12.1 Å². The number of nitrogens with zero attached hydrogens (tertiary/aromatic N) is 3. The highest BCUT2D eigenvalue weighted by molar-refractivity contribution is 5.97. The van der Waals surface area contributed by atoms with Crippen LogP contribution in [0.2, 0.25) is 0 Å². The zero-order valence-electron chi connectivity index (χ0n) is 11.7. The van der Waals surface area contributed by atoms with Crippen molar-refractivity contribution in [3.63, 3.8) is 0 Å². The van der Waals surface area contributed by atoms with E-state index in [1.807, 2.05) is 0 Å². The highest BCUT2D eigenvalue weighted by Gasteiger charge is 2.39. The Bertz CT molecular complexity index is 542. The molecule has 0 amide bonds. The summed E-state index contributed by atoms with van der Waals surface area (Å²) in [6, 6.07) is 6.07. The van der Waals surface area contributed by atoms with Gasteiger partial charge in [-0.05, 0) is 0 Å². The van der Waals surface area contributed by atoms with Crippen molar-refractivity contribution in [2.24, 2.45) is 0 Å². The van der Waals surface area contributed by atoms with Gasteiger partial charge in [0.05, 0.1) is 24.6 Å². The fourth-order valence-corrected chi connectivity index (χ4v) is 3.16. The maximum Gasteiger partial charge on any atom is 0.270 e. The number of ketones is 1. The van der Waals surface area contributed by atoms with E-state index in [9.17, 15) is 14.9 Å². The Labute approximate surface area is 133 Å². The molecular weight excluding hydrogens is 338 g/mol. The quantitative estimate of drug-likeness (QED) is 0.269. The van der Waals surface area contributed by atoms with Gasteiger partial charge < -0.3 is 21.5 Å². The first-order chi connectivity index (χ1) is 9.58. The largest absolute Gasteiger partial charge is 1.00 e. The van der Waals surface area contributed by atoms with Gasteiger partial charge in [0.1, 0.15) is 6.54 Å². The molecule has 0 unspecified atom stereocenters. The Morgan fingerprint density at radius 3 is 2.43 bits per heavy atom. The maximum atomic E-state index is 12.4. The zero-order chi connectivity index (χ0) is 14.2. The third-order valence-electron chi connectivity index (χ3n) is 4.53. The van der Waals surface area contributed by atoms with Crippen molar-refractivity contribution in [2.75, 3.05) is 45.8 Å². The fourth-order valence-electron chi connectivity index (χ4n) is 3.16. The molecule has 0 aromatic heterocycles. The van der Waals surface area contributed by atoms with Crippen molar-refractivity contribution in [1.82, 2.24) is 4.90 Å². The maximum absolute atomic E-state index is 12.4. The molecule has 6 nitrogen and oxygen atoms in total. The van der Waals surface area contributed by atoms with Gasteiger partial charge in [-0.1, -0.05) is 12.1 Å². The van der Waals surface area contributed by atoms with Crippen molar-refractivity contribution in [3.8, 4) is 0 Å². The van der Waals surface area contributed by atoms with Gasteiger partial charge in [-0.15, -0.1) is 0 Å². The second kappa shape index (κ2) is 6.21. The van der Waals surface area contributed by atoms with E-state index in [0.717, 1.165) is 43.8 Å². The molecule has 1 aromatic carbocycles. The van der Waals surface area contributed by atoms with Crippen LogP contribution in [0.5, 0.6) is 0 Å². The highest BCUT2D eigenvalue weighted by Crippen LogP contribution is 2.21. The number of hydrogen-bond acceptors (Lipinski definition) is 4. The van der Waals surface area contributed by atoms with Crippen LogP contribution in [0, 0.1) is 10.1 Å². The van der Waals surface area contributed by atoms with E-state index >= 15 is 0 Å². The smallest absolute Gasteiger partial charge is 0.270 e. The molecule has 3 heterocycles. The molecule has 2 bridgehead atoms. The topological polar surface area (TPSA) is 63.5 Å². The van der Waals surface area contributed by atoms with Gasteiger partial charge in [0.2, 0.25) is 5.78 Å². The van der Waals surface area contributed by atoms with Gasteiger partial charge in [-0.25, -0.2) is 0 Å². The summed E-state index contributed by atoms with van der Waals surface area (Å²) in [4.78, 5) is 25.2. The highest BCUT2D eigenvalue weighted by atomic mass is 79.9. The number of rotatable bonds is 4. The van der Waals surface area contributed by atoms with E-state index in [-0.39, 0.29) is 28.5 Å². The van der Waals surface area contributed by atoms with E-state index in [1.165, 1.54) is 12.1 Å². The molecular formula is C14H18BrN3O3. The number of quaternary nitrogens is 1. The first kappa shape index (κ1) is 16.1. The van der Waals surface area contributed by atoms with Gasteiger partial charge >= 0.3 is 0 Å². The zero-order valence-corrected chi connectivity index (χ0v) is 13.3. The molecule has 4 rings (SSSR count). The Balaban J connectivity index is 0.00000161. The van der Waals surface area contributed by atoms with Crippen LogP contribution in [0.4, 0.5) is 5.69 Å². The lowest BCUT2D eigenvalue weighted by Crippen LogP contribution is -3.00. The second-order valence-corrected chi connectivity index (χ2v) is 5.74. The third kappa shape index (κ3) is 3.30. The average molecular weight is 356 g/mol. The number of nitro groups is 1. The molecule has 114 valence electrons. The van der Waals surface area contributed by atoms with Crippen LogP contribution >= 0.6 is 0 Å². The van der Waals surface area contributed by atoms with Crippen molar-refractivity contribution in [1.29, 1.82) is 0 Å². The van der Waals surface area contributed by atoms with Crippen molar-refractivity contribution < 1.29 is 31.2 Å². The van der Waals surface area contributed by atoms with Crippen molar-refractivity contribution in [3.05, 3.63) is 39.9 Å². The SMILES string of the molecule is O=C(C[N+]12CCN(CC1)CC2)c1cccc([N+](=O)[O-])c1.[Br-]. The molecule has 3 aliphatic heterocycles. The third-order valence-corrected chi connectivity index (χ3v) is 4.53. The molecule has 7 heteroatoms. The molecule has 0 N–H and O–H groups in total. The van der Waals surface area contributed by atoms with Crippen LogP contribution in [0.3, 0.4) is 0 Å². The predicted molar refractivity (Wildman–Crippen MR) is 73.6 cm³/mol. The lowest BCUT2D eigenvalue weighted by molar-refractivity contribution is -0.933. The van der Waals surface area contributed by atoms with Crippen LogP contribution in [0.25, 0.3) is 0 Å². The van der Waals surface area contributed by atoms with Crippen LogP contribution in [-0.4, -0.2) is 65.9 Å². The summed E-state index contributed by atoms with van der Waals surface area (Å²) in [6.07, 6.45) is 0. The van der Waals surface area contributed by atoms with Crippen molar-refractivity contribution >= 4 is 11.5 Å². The van der Waals surface area contributed by atoms with Crippen LogP contribution < -0.4 is 17.0 Å². The van der Waals surface area contributed by atoms with Gasteiger partial charge in [0.15, 0.2) is 0 Å². The molecule has 3 aliphatic rings. The molecule has 3 fully saturated rings. The Hall–Kier alpha value is -1.31. The molecule has 3 saturated heterocycles. The molecule has 0 aliphatic carbocycles. The number of non-ortho nitro benzene ring substituents is 1. The first-order valence-corrected chi connectivity index (χ1v) is 6.93. The minimum Gasteiger partial charge on any atom is -1.00 e. The minimum atomic E-state index is -0.455. The molecule has 21 heavy (non-hydrogen) atoms. The lowest BCUT2D eigenvalue weighted by atomic mass is 10.1. The summed E-state index contributed by atoms with van der Waals surface area (Å²) in [5.74, 6) is 0.0176. The summed E-state index contributed by atoms with van der Waals surface area (Å²) >= 11 is 0. The monoisotopic (exact) mass is 355 g/mol.